The number of hydrogen-bond acceptors (Lipinski definition) is 2. The van der Waals surface area contributed by atoms with Gasteiger partial charge in [-0.05, 0) is 25.0 Å². The van der Waals surface area contributed by atoms with Crippen molar-refractivity contribution in [1.29, 1.82) is 0 Å². The highest BCUT2D eigenvalue weighted by Crippen LogP contribution is 2.25. The van der Waals surface area contributed by atoms with Crippen molar-refractivity contribution in [1.82, 2.24) is 5.32 Å². The van der Waals surface area contributed by atoms with E-state index >= 15 is 0 Å². The molecule has 0 saturated heterocycles. The van der Waals surface area contributed by atoms with E-state index in [1.165, 1.54) is 0 Å². The van der Waals surface area contributed by atoms with E-state index in [2.05, 4.69) is 5.32 Å². The number of allylic oxidation sites excluding steroid dienone is 4. The Morgan fingerprint density at radius 2 is 1.67 bits per heavy atom. The molecule has 64 valence electrons. The summed E-state index contributed by atoms with van der Waals surface area (Å²) in [6.45, 7) is 0. The van der Waals surface area contributed by atoms with Crippen LogP contribution in [0.15, 0.2) is 36.7 Å². The van der Waals surface area contributed by atoms with Crippen molar-refractivity contribution in [3.8, 4) is 0 Å². The van der Waals surface area contributed by atoms with Gasteiger partial charge in [-0.3, -0.25) is 0 Å². The SMILES string of the molecule is C1=CC=CNC=C1.O=CC1CC1. The first-order chi connectivity index (χ1) is 5.93. The fourth-order valence-corrected chi connectivity index (χ4v) is 0.638. The van der Waals surface area contributed by atoms with Crippen LogP contribution in [0.3, 0.4) is 0 Å². The second-order valence-electron chi connectivity index (χ2n) is 2.74. The van der Waals surface area contributed by atoms with E-state index in [1.807, 2.05) is 36.7 Å². The highest BCUT2D eigenvalue weighted by molar-refractivity contribution is 5.56. The molecular weight excluding hydrogens is 150 g/mol. The number of rotatable bonds is 1. The summed E-state index contributed by atoms with van der Waals surface area (Å²) in [5.41, 5.74) is 0. The molecule has 1 aliphatic carbocycles. The number of carbonyl (C=O) groups excluding carboxylic acids is 1. The first-order valence-corrected chi connectivity index (χ1v) is 4.13. The summed E-state index contributed by atoms with van der Waals surface area (Å²) in [6.07, 6.45) is 14.9. The molecule has 1 aliphatic heterocycles. The molecule has 1 heterocycles. The highest BCUT2D eigenvalue weighted by atomic mass is 16.1. The highest BCUT2D eigenvalue weighted by Gasteiger charge is 2.18. The Morgan fingerprint density at radius 3 is 2.00 bits per heavy atom. The van der Waals surface area contributed by atoms with Gasteiger partial charge in [0, 0.05) is 18.3 Å². The van der Waals surface area contributed by atoms with Gasteiger partial charge in [-0.1, -0.05) is 12.2 Å². The van der Waals surface area contributed by atoms with Crippen LogP contribution in [0.25, 0.3) is 0 Å². The van der Waals surface area contributed by atoms with Crippen LogP contribution in [-0.4, -0.2) is 6.29 Å². The van der Waals surface area contributed by atoms with Crippen molar-refractivity contribution >= 4 is 6.29 Å². The van der Waals surface area contributed by atoms with E-state index in [4.69, 9.17) is 0 Å². The minimum atomic E-state index is 0.454. The van der Waals surface area contributed by atoms with Gasteiger partial charge in [0.25, 0.3) is 0 Å². The van der Waals surface area contributed by atoms with Crippen LogP contribution in [0, 0.1) is 5.92 Å². The van der Waals surface area contributed by atoms with E-state index in [0.717, 1.165) is 19.1 Å². The predicted octanol–water partition coefficient (Wildman–Crippen LogP) is 1.77. The molecule has 1 saturated carbocycles. The van der Waals surface area contributed by atoms with Gasteiger partial charge in [-0.2, -0.15) is 0 Å². The van der Waals surface area contributed by atoms with E-state index in [0.29, 0.717) is 5.92 Å². The Labute approximate surface area is 72.7 Å². The van der Waals surface area contributed by atoms with Crippen LogP contribution < -0.4 is 5.32 Å². The molecule has 2 rings (SSSR count). The van der Waals surface area contributed by atoms with Crippen molar-refractivity contribution in [3.05, 3.63) is 36.7 Å². The van der Waals surface area contributed by atoms with Crippen molar-refractivity contribution in [3.63, 3.8) is 0 Å². The fraction of sp³-hybridized carbons (Fsp3) is 0.300. The third-order valence-corrected chi connectivity index (χ3v) is 1.53. The molecule has 0 unspecified atom stereocenters. The summed E-state index contributed by atoms with van der Waals surface area (Å²) in [7, 11) is 0. The summed E-state index contributed by atoms with van der Waals surface area (Å²) >= 11 is 0. The average molecular weight is 163 g/mol. The van der Waals surface area contributed by atoms with Crippen LogP contribution >= 0.6 is 0 Å². The van der Waals surface area contributed by atoms with Gasteiger partial charge < -0.3 is 10.1 Å². The molecule has 2 nitrogen and oxygen atoms in total. The fourth-order valence-electron chi connectivity index (χ4n) is 0.638. The Balaban J connectivity index is 0.000000127. The van der Waals surface area contributed by atoms with Crippen LogP contribution in [0.4, 0.5) is 0 Å². The van der Waals surface area contributed by atoms with Crippen LogP contribution in [-0.2, 0) is 4.79 Å². The topological polar surface area (TPSA) is 29.1 Å². The standard InChI is InChI=1S/C6H7N.C4H6O/c1-2-4-6-7-5-3-1;5-3-4-1-2-4/h1-7H;3-4H,1-2H2. The molecule has 0 spiro atoms. The zero-order valence-electron chi connectivity index (χ0n) is 6.94. The molecule has 0 aromatic carbocycles. The zero-order chi connectivity index (χ0) is 8.65. The Bertz CT molecular complexity index is 198. The van der Waals surface area contributed by atoms with Crippen molar-refractivity contribution < 1.29 is 4.79 Å². The maximum atomic E-state index is 9.57. The first-order valence-electron chi connectivity index (χ1n) is 4.13. The predicted molar refractivity (Wildman–Crippen MR) is 49.3 cm³/mol. The molecule has 1 fully saturated rings. The number of aldehydes is 1. The second kappa shape index (κ2) is 5.35. The zero-order valence-corrected chi connectivity index (χ0v) is 6.94. The lowest BCUT2D eigenvalue weighted by Crippen LogP contribution is -1.87. The van der Waals surface area contributed by atoms with Crippen molar-refractivity contribution in [2.45, 2.75) is 12.8 Å². The Morgan fingerprint density at radius 1 is 1.08 bits per heavy atom. The molecule has 2 aliphatic rings. The lowest BCUT2D eigenvalue weighted by Gasteiger charge is -1.79. The van der Waals surface area contributed by atoms with Crippen LogP contribution in [0.5, 0.6) is 0 Å². The molecule has 0 atom stereocenters. The maximum absolute atomic E-state index is 9.57. The molecule has 0 bridgehead atoms. The van der Waals surface area contributed by atoms with Crippen LogP contribution in [0.1, 0.15) is 12.8 Å². The largest absolute Gasteiger partial charge is 0.368 e. The minimum absolute atomic E-state index is 0.454. The van der Waals surface area contributed by atoms with E-state index in [1.54, 1.807) is 0 Å². The molecular formula is C10H13NO. The second-order valence-corrected chi connectivity index (χ2v) is 2.74. The number of nitrogens with one attached hydrogen (secondary N) is 1. The van der Waals surface area contributed by atoms with Crippen molar-refractivity contribution in [2.24, 2.45) is 5.92 Å². The summed E-state index contributed by atoms with van der Waals surface area (Å²) in [6, 6.07) is 0. The quantitative estimate of drug-likeness (QED) is 0.597. The van der Waals surface area contributed by atoms with Crippen molar-refractivity contribution in [2.75, 3.05) is 0 Å². The van der Waals surface area contributed by atoms with Gasteiger partial charge >= 0.3 is 0 Å². The van der Waals surface area contributed by atoms with E-state index in [-0.39, 0.29) is 0 Å². The Kier molecular flexibility index (Phi) is 3.92. The Hall–Kier alpha value is -1.31. The average Bonchev–Trinajstić information content (AvgIpc) is 2.95. The van der Waals surface area contributed by atoms with Gasteiger partial charge in [0.15, 0.2) is 0 Å². The first kappa shape index (κ1) is 8.78. The van der Waals surface area contributed by atoms with Gasteiger partial charge in [-0.15, -0.1) is 0 Å². The lowest BCUT2D eigenvalue weighted by atomic mass is 10.5. The number of hydrogen-bond donors (Lipinski definition) is 1. The van der Waals surface area contributed by atoms with Gasteiger partial charge in [0.2, 0.25) is 0 Å². The van der Waals surface area contributed by atoms with Gasteiger partial charge in [-0.25, -0.2) is 0 Å². The van der Waals surface area contributed by atoms with E-state index < -0.39 is 0 Å². The summed E-state index contributed by atoms with van der Waals surface area (Å²) < 4.78 is 0. The summed E-state index contributed by atoms with van der Waals surface area (Å²) in [4.78, 5) is 9.57. The molecule has 0 aromatic rings. The number of carbonyl (C=O) groups is 1. The van der Waals surface area contributed by atoms with E-state index in [9.17, 15) is 4.79 Å². The molecule has 1 N–H and O–H groups in total. The normalized spacial score (nSPS) is 18.7. The smallest absolute Gasteiger partial charge is 0.123 e. The molecule has 0 radical (unpaired) electrons. The monoisotopic (exact) mass is 163 g/mol. The van der Waals surface area contributed by atoms with Crippen LogP contribution in [0.2, 0.25) is 0 Å². The van der Waals surface area contributed by atoms with Gasteiger partial charge in [0.1, 0.15) is 6.29 Å². The van der Waals surface area contributed by atoms with Gasteiger partial charge in [0.05, 0.1) is 0 Å². The maximum Gasteiger partial charge on any atom is 0.123 e. The summed E-state index contributed by atoms with van der Waals surface area (Å²) in [5.74, 6) is 0.454. The molecule has 0 aromatic heterocycles. The molecule has 0 amide bonds. The molecule has 12 heavy (non-hydrogen) atoms. The third kappa shape index (κ3) is 4.50. The summed E-state index contributed by atoms with van der Waals surface area (Å²) in [5, 5.41) is 2.92. The third-order valence-electron chi connectivity index (χ3n) is 1.53. The minimum Gasteiger partial charge on any atom is -0.368 e. The molecule has 2 heteroatoms. The lowest BCUT2D eigenvalue weighted by molar-refractivity contribution is -0.108.